The normalized spacial score (nSPS) is 16.8. The van der Waals surface area contributed by atoms with Gasteiger partial charge in [-0.1, -0.05) is 44.2 Å². The van der Waals surface area contributed by atoms with Crippen LogP contribution < -0.4 is 5.32 Å². The smallest absolute Gasteiger partial charge is 0.268 e. The number of aromatic amines is 1. The highest BCUT2D eigenvalue weighted by atomic mass is 32.2. The summed E-state index contributed by atoms with van der Waals surface area (Å²) in [5, 5.41) is 3.03. The van der Waals surface area contributed by atoms with Crippen molar-refractivity contribution in [2.45, 2.75) is 31.2 Å². The fraction of sp³-hybridized carbons (Fsp3) is 0.450. The number of rotatable bonds is 7. The van der Waals surface area contributed by atoms with Gasteiger partial charge in [0.05, 0.1) is 19.3 Å². The van der Waals surface area contributed by atoms with Crippen molar-refractivity contribution in [1.82, 2.24) is 14.6 Å². The number of ether oxygens (including phenoxy) is 1. The lowest BCUT2D eigenvalue weighted by Crippen LogP contribution is -2.40. The average molecular weight is 406 g/mol. The topological polar surface area (TPSA) is 91.5 Å². The predicted octanol–water partition coefficient (Wildman–Crippen LogP) is 2.55. The van der Waals surface area contributed by atoms with Gasteiger partial charge in [-0.25, -0.2) is 8.42 Å². The first-order valence-electron chi connectivity index (χ1n) is 9.50. The highest BCUT2D eigenvalue weighted by molar-refractivity contribution is 7.89. The van der Waals surface area contributed by atoms with Crippen LogP contribution in [0.15, 0.2) is 47.5 Å². The van der Waals surface area contributed by atoms with E-state index in [0.717, 1.165) is 12.0 Å². The number of hydrogen-bond acceptors (Lipinski definition) is 4. The van der Waals surface area contributed by atoms with E-state index in [1.807, 2.05) is 30.3 Å². The molecule has 1 aliphatic heterocycles. The number of nitrogens with one attached hydrogen (secondary N) is 2. The summed E-state index contributed by atoms with van der Waals surface area (Å²) < 4.78 is 32.1. The van der Waals surface area contributed by atoms with Crippen LogP contribution in [-0.4, -0.2) is 49.9 Å². The molecule has 2 heterocycles. The number of nitrogens with zero attached hydrogens (tertiary/aromatic N) is 1. The summed E-state index contributed by atoms with van der Waals surface area (Å²) in [6.45, 7) is 5.60. The number of hydrogen-bond donors (Lipinski definition) is 2. The molecule has 3 rings (SSSR count). The van der Waals surface area contributed by atoms with E-state index < -0.39 is 10.0 Å². The van der Waals surface area contributed by atoms with Gasteiger partial charge in [0.1, 0.15) is 10.6 Å². The van der Waals surface area contributed by atoms with Crippen molar-refractivity contribution in [3.63, 3.8) is 0 Å². The van der Waals surface area contributed by atoms with Gasteiger partial charge in [0.2, 0.25) is 10.0 Å². The van der Waals surface area contributed by atoms with Gasteiger partial charge in [-0.15, -0.1) is 0 Å². The molecule has 7 nitrogen and oxygen atoms in total. The molecule has 1 aromatic carbocycles. The number of benzene rings is 1. The Balaban J connectivity index is 1.75. The lowest BCUT2D eigenvalue weighted by Gasteiger charge is -2.25. The van der Waals surface area contributed by atoms with Crippen molar-refractivity contribution in [1.29, 1.82) is 0 Å². The SMILES string of the molecule is CC(C)CC(NC(=O)c1cc(S(=O)(=O)N2CCOCC2)c[nH]1)c1ccccc1. The van der Waals surface area contributed by atoms with E-state index in [4.69, 9.17) is 4.74 Å². The minimum absolute atomic E-state index is 0.0969. The minimum Gasteiger partial charge on any atom is -0.379 e. The van der Waals surface area contributed by atoms with E-state index in [9.17, 15) is 13.2 Å². The van der Waals surface area contributed by atoms with Crippen LogP contribution in [0.5, 0.6) is 0 Å². The van der Waals surface area contributed by atoms with Crippen LogP contribution in [-0.2, 0) is 14.8 Å². The Morgan fingerprint density at radius 1 is 1.21 bits per heavy atom. The second-order valence-electron chi connectivity index (χ2n) is 7.33. The summed E-state index contributed by atoms with van der Waals surface area (Å²) in [4.78, 5) is 15.7. The number of carbonyl (C=O) groups is 1. The van der Waals surface area contributed by atoms with E-state index in [0.29, 0.717) is 32.2 Å². The number of carbonyl (C=O) groups excluding carboxylic acids is 1. The summed E-state index contributed by atoms with van der Waals surface area (Å²) in [6.07, 6.45) is 2.16. The Hall–Kier alpha value is -2.16. The minimum atomic E-state index is -3.63. The Morgan fingerprint density at radius 2 is 1.89 bits per heavy atom. The molecule has 28 heavy (non-hydrogen) atoms. The molecule has 0 radical (unpaired) electrons. The van der Waals surface area contributed by atoms with Crippen molar-refractivity contribution < 1.29 is 17.9 Å². The molecule has 1 saturated heterocycles. The lowest BCUT2D eigenvalue weighted by atomic mass is 9.97. The molecule has 0 bridgehead atoms. The standard InChI is InChI=1S/C20H27N3O4S/c1-15(2)12-18(16-6-4-3-5-7-16)22-20(24)19-13-17(14-21-19)28(25,26)23-8-10-27-11-9-23/h3-7,13-15,18,21H,8-12H2,1-2H3,(H,22,24). The van der Waals surface area contributed by atoms with E-state index in [1.54, 1.807) is 0 Å². The van der Waals surface area contributed by atoms with Gasteiger partial charge in [-0.3, -0.25) is 4.79 Å². The number of amides is 1. The zero-order valence-electron chi connectivity index (χ0n) is 16.2. The first kappa shape index (κ1) is 20.6. The molecular weight excluding hydrogens is 378 g/mol. The monoisotopic (exact) mass is 405 g/mol. The molecule has 2 aromatic rings. The zero-order valence-corrected chi connectivity index (χ0v) is 17.0. The second-order valence-corrected chi connectivity index (χ2v) is 9.27. The van der Waals surface area contributed by atoms with Crippen molar-refractivity contribution in [3.05, 3.63) is 53.9 Å². The Kier molecular flexibility index (Phi) is 6.53. The molecule has 2 N–H and O–H groups in total. The van der Waals surface area contributed by atoms with Crippen LogP contribution in [0.4, 0.5) is 0 Å². The van der Waals surface area contributed by atoms with E-state index in [2.05, 4.69) is 24.1 Å². The molecular formula is C20H27N3O4S. The van der Waals surface area contributed by atoms with Gasteiger partial charge in [0, 0.05) is 19.3 Å². The van der Waals surface area contributed by atoms with Gasteiger partial charge >= 0.3 is 0 Å². The van der Waals surface area contributed by atoms with Gasteiger partial charge in [0.15, 0.2) is 0 Å². The molecule has 1 atom stereocenters. The number of sulfonamides is 1. The predicted molar refractivity (Wildman–Crippen MR) is 106 cm³/mol. The van der Waals surface area contributed by atoms with Gasteiger partial charge in [-0.05, 0) is 24.0 Å². The molecule has 152 valence electrons. The third kappa shape index (κ3) is 4.81. The molecule has 0 saturated carbocycles. The summed E-state index contributed by atoms with van der Waals surface area (Å²) in [7, 11) is -3.63. The van der Waals surface area contributed by atoms with Crippen LogP contribution in [0.2, 0.25) is 0 Å². The maximum absolute atomic E-state index is 12.8. The summed E-state index contributed by atoms with van der Waals surface area (Å²) in [5.41, 5.74) is 1.26. The third-order valence-corrected chi connectivity index (χ3v) is 6.60. The van der Waals surface area contributed by atoms with Crippen LogP contribution in [0.3, 0.4) is 0 Å². The number of H-pyrrole nitrogens is 1. The van der Waals surface area contributed by atoms with Crippen molar-refractivity contribution in [2.24, 2.45) is 5.92 Å². The first-order chi connectivity index (χ1) is 13.4. The van der Waals surface area contributed by atoms with Crippen LogP contribution in [0, 0.1) is 5.92 Å². The quantitative estimate of drug-likeness (QED) is 0.741. The molecule has 1 amide bonds. The van der Waals surface area contributed by atoms with E-state index >= 15 is 0 Å². The van der Waals surface area contributed by atoms with Gasteiger partial charge < -0.3 is 15.0 Å². The molecule has 1 fully saturated rings. The van der Waals surface area contributed by atoms with Crippen LogP contribution >= 0.6 is 0 Å². The number of morpholine rings is 1. The lowest BCUT2D eigenvalue weighted by molar-refractivity contribution is 0.0730. The molecule has 0 aliphatic carbocycles. The number of aromatic nitrogens is 1. The largest absolute Gasteiger partial charge is 0.379 e. The maximum atomic E-state index is 12.8. The molecule has 1 aliphatic rings. The van der Waals surface area contributed by atoms with Crippen molar-refractivity contribution in [3.8, 4) is 0 Å². The zero-order chi connectivity index (χ0) is 20.1. The second kappa shape index (κ2) is 8.89. The summed E-state index contributed by atoms with van der Waals surface area (Å²) in [5.74, 6) is 0.0735. The van der Waals surface area contributed by atoms with Crippen molar-refractivity contribution >= 4 is 15.9 Å². The summed E-state index contributed by atoms with van der Waals surface area (Å²) >= 11 is 0. The molecule has 1 unspecified atom stereocenters. The highest BCUT2D eigenvalue weighted by Crippen LogP contribution is 2.23. The first-order valence-corrected chi connectivity index (χ1v) is 10.9. The molecule has 8 heteroatoms. The Bertz CT molecular complexity index is 887. The fourth-order valence-electron chi connectivity index (χ4n) is 3.26. The van der Waals surface area contributed by atoms with Gasteiger partial charge in [0.25, 0.3) is 5.91 Å². The van der Waals surface area contributed by atoms with E-state index in [1.165, 1.54) is 16.6 Å². The fourth-order valence-corrected chi connectivity index (χ4v) is 4.66. The Labute approximate surface area is 166 Å². The third-order valence-electron chi connectivity index (χ3n) is 4.72. The summed E-state index contributed by atoms with van der Waals surface area (Å²) in [6, 6.07) is 11.0. The molecule has 1 aromatic heterocycles. The van der Waals surface area contributed by atoms with Gasteiger partial charge in [-0.2, -0.15) is 4.31 Å². The van der Waals surface area contributed by atoms with Crippen LogP contribution in [0.1, 0.15) is 42.4 Å². The molecule has 0 spiro atoms. The van der Waals surface area contributed by atoms with Crippen LogP contribution in [0.25, 0.3) is 0 Å². The van der Waals surface area contributed by atoms with E-state index in [-0.39, 0.29) is 22.5 Å². The Morgan fingerprint density at radius 3 is 2.54 bits per heavy atom. The maximum Gasteiger partial charge on any atom is 0.268 e. The average Bonchev–Trinajstić information content (AvgIpc) is 3.20. The highest BCUT2D eigenvalue weighted by Gasteiger charge is 2.28. The van der Waals surface area contributed by atoms with Crippen molar-refractivity contribution in [2.75, 3.05) is 26.3 Å².